The zero-order valence-electron chi connectivity index (χ0n) is 10.5. The average Bonchev–Trinajstić information content (AvgIpc) is 2.35. The normalized spacial score (nSPS) is 10.5. The summed E-state index contributed by atoms with van der Waals surface area (Å²) in [5.41, 5.74) is -0.628. The third-order valence-corrected chi connectivity index (χ3v) is 2.54. The van der Waals surface area contributed by atoms with E-state index in [1.807, 2.05) is 0 Å². The van der Waals surface area contributed by atoms with Crippen LogP contribution in [0.3, 0.4) is 0 Å². The molecule has 1 rings (SSSR count). The molecule has 0 unspecified atom stereocenters. The molecule has 7 nitrogen and oxygen atoms in total. The number of nitrogens with one attached hydrogen (secondary N) is 1. The topological polar surface area (TPSA) is 90.1 Å². The molecule has 0 spiro atoms. The van der Waals surface area contributed by atoms with E-state index in [1.54, 1.807) is 0 Å². The number of unbranched alkanes of at least 4 members (excludes halogenated alkanes) is 2. The standard InChI is InChI=1S/C11H18N4O3/c1-2-3-4-5-12-6-7-14-9-10(15(17)18)8-13-11(14)16/h8-9,12H,2-7H2,1H3. The van der Waals surface area contributed by atoms with Crippen molar-refractivity contribution < 1.29 is 4.92 Å². The molecule has 0 aromatic carbocycles. The van der Waals surface area contributed by atoms with Crippen molar-refractivity contribution >= 4 is 5.69 Å². The van der Waals surface area contributed by atoms with Gasteiger partial charge >= 0.3 is 11.4 Å². The first kappa shape index (κ1) is 14.3. The highest BCUT2D eigenvalue weighted by atomic mass is 16.6. The summed E-state index contributed by atoms with van der Waals surface area (Å²) in [7, 11) is 0. The second-order valence-corrected chi connectivity index (χ2v) is 4.00. The molecule has 0 amide bonds. The number of hydrogen-bond acceptors (Lipinski definition) is 5. The van der Waals surface area contributed by atoms with Crippen LogP contribution < -0.4 is 11.0 Å². The third-order valence-electron chi connectivity index (χ3n) is 2.54. The van der Waals surface area contributed by atoms with Crippen molar-refractivity contribution in [3.05, 3.63) is 33.0 Å². The Balaban J connectivity index is 2.44. The minimum Gasteiger partial charge on any atom is -0.315 e. The van der Waals surface area contributed by atoms with Crippen LogP contribution >= 0.6 is 0 Å². The predicted octanol–water partition coefficient (Wildman–Crippen LogP) is 0.931. The Morgan fingerprint density at radius 1 is 1.44 bits per heavy atom. The second kappa shape index (κ2) is 7.54. The van der Waals surface area contributed by atoms with Crippen LogP contribution in [0.5, 0.6) is 0 Å². The van der Waals surface area contributed by atoms with Crippen molar-refractivity contribution in [3.8, 4) is 0 Å². The molecular formula is C11H18N4O3. The van der Waals surface area contributed by atoms with E-state index in [0.717, 1.165) is 25.6 Å². The van der Waals surface area contributed by atoms with Crippen molar-refractivity contribution in [1.82, 2.24) is 14.9 Å². The van der Waals surface area contributed by atoms with Gasteiger partial charge in [-0.3, -0.25) is 14.7 Å². The molecule has 0 bridgehead atoms. The highest BCUT2D eigenvalue weighted by molar-refractivity contribution is 5.20. The lowest BCUT2D eigenvalue weighted by Crippen LogP contribution is -2.28. The highest BCUT2D eigenvalue weighted by Gasteiger charge is 2.08. The SMILES string of the molecule is CCCCCNCCn1cc([N+](=O)[O-])cnc1=O. The van der Waals surface area contributed by atoms with Gasteiger partial charge in [-0.05, 0) is 13.0 Å². The van der Waals surface area contributed by atoms with Crippen LogP contribution in [-0.2, 0) is 6.54 Å². The molecule has 0 aliphatic carbocycles. The van der Waals surface area contributed by atoms with Gasteiger partial charge in [-0.2, -0.15) is 4.98 Å². The van der Waals surface area contributed by atoms with Gasteiger partial charge in [0.25, 0.3) is 0 Å². The summed E-state index contributed by atoms with van der Waals surface area (Å²) in [5.74, 6) is 0. The van der Waals surface area contributed by atoms with E-state index in [2.05, 4.69) is 17.2 Å². The molecule has 18 heavy (non-hydrogen) atoms. The van der Waals surface area contributed by atoms with Crippen LogP contribution in [0.15, 0.2) is 17.2 Å². The van der Waals surface area contributed by atoms with Gasteiger partial charge in [0, 0.05) is 13.1 Å². The summed E-state index contributed by atoms with van der Waals surface area (Å²) < 4.78 is 1.25. The van der Waals surface area contributed by atoms with Crippen molar-refractivity contribution in [2.24, 2.45) is 0 Å². The Morgan fingerprint density at radius 2 is 2.22 bits per heavy atom. The van der Waals surface area contributed by atoms with Crippen molar-refractivity contribution in [2.75, 3.05) is 13.1 Å². The second-order valence-electron chi connectivity index (χ2n) is 4.00. The maximum absolute atomic E-state index is 11.4. The van der Waals surface area contributed by atoms with Gasteiger partial charge < -0.3 is 5.32 Å². The highest BCUT2D eigenvalue weighted by Crippen LogP contribution is 2.04. The van der Waals surface area contributed by atoms with E-state index >= 15 is 0 Å². The first-order chi connectivity index (χ1) is 8.65. The van der Waals surface area contributed by atoms with Gasteiger partial charge in [0.2, 0.25) is 0 Å². The number of aromatic nitrogens is 2. The molecule has 0 saturated heterocycles. The molecule has 0 radical (unpaired) electrons. The minimum atomic E-state index is -0.558. The lowest BCUT2D eigenvalue weighted by atomic mass is 10.2. The molecule has 0 fully saturated rings. The number of hydrogen-bond donors (Lipinski definition) is 1. The Hall–Kier alpha value is -1.76. The van der Waals surface area contributed by atoms with E-state index in [-0.39, 0.29) is 5.69 Å². The largest absolute Gasteiger partial charge is 0.348 e. The first-order valence-corrected chi connectivity index (χ1v) is 6.06. The quantitative estimate of drug-likeness (QED) is 0.423. The van der Waals surface area contributed by atoms with Crippen molar-refractivity contribution in [3.63, 3.8) is 0 Å². The fraction of sp³-hybridized carbons (Fsp3) is 0.636. The molecule has 1 N–H and O–H groups in total. The predicted molar refractivity (Wildman–Crippen MR) is 67.5 cm³/mol. The Bertz CT molecular complexity index is 444. The molecule has 0 aliphatic heterocycles. The number of nitrogens with zero attached hydrogens (tertiary/aromatic N) is 3. The molecular weight excluding hydrogens is 236 g/mol. The van der Waals surface area contributed by atoms with E-state index in [4.69, 9.17) is 0 Å². The number of rotatable bonds is 8. The summed E-state index contributed by atoms with van der Waals surface area (Å²) in [6, 6.07) is 0. The van der Waals surface area contributed by atoms with Gasteiger partial charge in [-0.25, -0.2) is 4.79 Å². The summed E-state index contributed by atoms with van der Waals surface area (Å²) in [5, 5.41) is 13.7. The van der Waals surface area contributed by atoms with Crippen LogP contribution in [0, 0.1) is 10.1 Å². The Morgan fingerprint density at radius 3 is 2.89 bits per heavy atom. The molecule has 100 valence electrons. The lowest BCUT2D eigenvalue weighted by Gasteiger charge is -2.06. The van der Waals surface area contributed by atoms with Crippen LogP contribution in [0.4, 0.5) is 5.69 Å². The molecule has 0 saturated carbocycles. The summed E-state index contributed by atoms with van der Waals surface area (Å²) in [6.45, 7) is 4.02. The van der Waals surface area contributed by atoms with Crippen LogP contribution in [0.2, 0.25) is 0 Å². The zero-order chi connectivity index (χ0) is 13.4. The van der Waals surface area contributed by atoms with Crippen LogP contribution in [-0.4, -0.2) is 27.6 Å². The minimum absolute atomic E-state index is 0.166. The van der Waals surface area contributed by atoms with E-state index in [0.29, 0.717) is 13.1 Å². The Kier molecular flexibility index (Phi) is 5.99. The monoisotopic (exact) mass is 254 g/mol. The van der Waals surface area contributed by atoms with E-state index in [1.165, 1.54) is 17.2 Å². The fourth-order valence-corrected chi connectivity index (χ4v) is 1.52. The Labute approximate surface area is 105 Å². The van der Waals surface area contributed by atoms with Gasteiger partial charge in [0.1, 0.15) is 6.20 Å². The summed E-state index contributed by atoms with van der Waals surface area (Å²) in [6.07, 6.45) is 5.64. The van der Waals surface area contributed by atoms with Gasteiger partial charge in [-0.1, -0.05) is 19.8 Å². The molecule has 0 aliphatic rings. The van der Waals surface area contributed by atoms with Crippen LogP contribution in [0.25, 0.3) is 0 Å². The van der Waals surface area contributed by atoms with Crippen molar-refractivity contribution in [1.29, 1.82) is 0 Å². The molecule has 7 heteroatoms. The van der Waals surface area contributed by atoms with Crippen LogP contribution in [0.1, 0.15) is 26.2 Å². The van der Waals surface area contributed by atoms with Gasteiger partial charge in [0.05, 0.1) is 11.1 Å². The van der Waals surface area contributed by atoms with Crippen molar-refractivity contribution in [2.45, 2.75) is 32.7 Å². The molecule has 1 aromatic rings. The first-order valence-electron chi connectivity index (χ1n) is 6.06. The fourth-order valence-electron chi connectivity index (χ4n) is 1.52. The summed E-state index contributed by atoms with van der Waals surface area (Å²) >= 11 is 0. The van der Waals surface area contributed by atoms with E-state index in [9.17, 15) is 14.9 Å². The zero-order valence-corrected chi connectivity index (χ0v) is 10.5. The smallest absolute Gasteiger partial charge is 0.315 e. The molecule has 1 heterocycles. The maximum Gasteiger partial charge on any atom is 0.348 e. The maximum atomic E-state index is 11.4. The molecule has 1 aromatic heterocycles. The number of nitro groups is 1. The van der Waals surface area contributed by atoms with E-state index < -0.39 is 10.6 Å². The third kappa shape index (κ3) is 4.62. The molecule has 0 atom stereocenters. The lowest BCUT2D eigenvalue weighted by molar-refractivity contribution is -0.385. The van der Waals surface area contributed by atoms with Gasteiger partial charge in [-0.15, -0.1) is 0 Å². The summed E-state index contributed by atoms with van der Waals surface area (Å²) in [4.78, 5) is 24.8. The van der Waals surface area contributed by atoms with Gasteiger partial charge in [0.15, 0.2) is 0 Å². The average molecular weight is 254 g/mol.